The van der Waals surface area contributed by atoms with Crippen LogP contribution in [0.1, 0.15) is 45.1 Å². The van der Waals surface area contributed by atoms with E-state index < -0.39 is 0 Å². The van der Waals surface area contributed by atoms with Crippen LogP contribution < -0.4 is 5.32 Å². The molecule has 2 aliphatic heterocycles. The lowest BCUT2D eigenvalue weighted by atomic mass is 10.00. The molecule has 2 saturated heterocycles. The van der Waals surface area contributed by atoms with Gasteiger partial charge in [-0.05, 0) is 63.3 Å². The molecule has 1 aromatic rings. The second-order valence-corrected chi connectivity index (χ2v) is 8.00. The third kappa shape index (κ3) is 5.05. The predicted octanol–water partition coefficient (Wildman–Crippen LogP) is 3.36. The van der Waals surface area contributed by atoms with Gasteiger partial charge in [-0.3, -0.25) is 9.80 Å². The maximum Gasteiger partial charge on any atom is 0.0243 e. The van der Waals surface area contributed by atoms with Crippen LogP contribution in [-0.4, -0.2) is 54.6 Å². The minimum absolute atomic E-state index is 0.709. The quantitative estimate of drug-likeness (QED) is 0.827. The lowest BCUT2D eigenvalue weighted by molar-refractivity contribution is 0.158. The maximum atomic E-state index is 3.90. The molecule has 0 bridgehead atoms. The summed E-state index contributed by atoms with van der Waals surface area (Å²) in [6.07, 6.45) is 5.36. The minimum atomic E-state index is 0.709. The van der Waals surface area contributed by atoms with Crippen LogP contribution in [0.15, 0.2) is 30.3 Å². The minimum Gasteiger partial charge on any atom is -0.312 e. The molecule has 2 aliphatic rings. The Balaban J connectivity index is 1.40. The number of likely N-dealkylation sites (tertiary alicyclic amines) is 2. The van der Waals surface area contributed by atoms with Crippen molar-refractivity contribution in [1.29, 1.82) is 0 Å². The Labute approximate surface area is 148 Å². The molecule has 0 radical (unpaired) electrons. The summed E-state index contributed by atoms with van der Waals surface area (Å²) in [5.74, 6) is 0.744. The van der Waals surface area contributed by atoms with E-state index in [2.05, 4.69) is 59.3 Å². The van der Waals surface area contributed by atoms with Crippen molar-refractivity contribution in [3.63, 3.8) is 0 Å². The number of nitrogens with one attached hydrogen (secondary N) is 1. The Morgan fingerprint density at radius 2 is 1.67 bits per heavy atom. The first-order valence-corrected chi connectivity index (χ1v) is 9.96. The lowest BCUT2D eigenvalue weighted by Crippen LogP contribution is -2.49. The highest BCUT2D eigenvalue weighted by Crippen LogP contribution is 2.19. The van der Waals surface area contributed by atoms with E-state index in [4.69, 9.17) is 0 Å². The van der Waals surface area contributed by atoms with Gasteiger partial charge in [-0.25, -0.2) is 0 Å². The first kappa shape index (κ1) is 17.9. The van der Waals surface area contributed by atoms with E-state index in [0.29, 0.717) is 6.04 Å². The van der Waals surface area contributed by atoms with Crippen LogP contribution >= 0.6 is 0 Å². The van der Waals surface area contributed by atoms with Gasteiger partial charge in [0, 0.05) is 25.2 Å². The molecule has 1 N–H and O–H groups in total. The second kappa shape index (κ2) is 8.98. The number of hydrogen-bond donors (Lipinski definition) is 1. The zero-order chi connectivity index (χ0) is 16.8. The third-order valence-corrected chi connectivity index (χ3v) is 5.83. The summed E-state index contributed by atoms with van der Waals surface area (Å²) < 4.78 is 0. The fraction of sp³-hybridized carbons (Fsp3) is 0.714. The summed E-state index contributed by atoms with van der Waals surface area (Å²) >= 11 is 0. The Morgan fingerprint density at radius 3 is 2.29 bits per heavy atom. The molecule has 3 nitrogen and oxygen atoms in total. The van der Waals surface area contributed by atoms with Gasteiger partial charge in [-0.15, -0.1) is 0 Å². The zero-order valence-electron chi connectivity index (χ0n) is 15.6. The number of benzene rings is 1. The van der Waals surface area contributed by atoms with E-state index in [-0.39, 0.29) is 0 Å². The summed E-state index contributed by atoms with van der Waals surface area (Å²) in [4.78, 5) is 5.32. The molecule has 3 rings (SSSR count). The van der Waals surface area contributed by atoms with Crippen LogP contribution in [0.5, 0.6) is 0 Å². The van der Waals surface area contributed by atoms with Crippen molar-refractivity contribution in [2.75, 3.05) is 32.7 Å². The van der Waals surface area contributed by atoms with Crippen LogP contribution in [0.2, 0.25) is 0 Å². The second-order valence-electron chi connectivity index (χ2n) is 8.00. The van der Waals surface area contributed by atoms with Gasteiger partial charge in [-0.2, -0.15) is 0 Å². The van der Waals surface area contributed by atoms with E-state index in [1.54, 1.807) is 0 Å². The first-order valence-electron chi connectivity index (χ1n) is 9.96. The Hall–Kier alpha value is -0.900. The number of rotatable bonds is 7. The van der Waals surface area contributed by atoms with E-state index in [9.17, 15) is 0 Å². The van der Waals surface area contributed by atoms with Gasteiger partial charge in [0.2, 0.25) is 0 Å². The van der Waals surface area contributed by atoms with Crippen LogP contribution in [0.25, 0.3) is 0 Å². The Morgan fingerprint density at radius 1 is 1.00 bits per heavy atom. The standard InChI is InChI=1S/C21H35N3/c1-18(2)21(24-12-6-7-13-24)16-22-20-10-14-23(15-11-20)17-19-8-4-3-5-9-19/h3-5,8-9,18,20-22H,6-7,10-17H2,1-2H3. The average Bonchev–Trinajstić information content (AvgIpc) is 3.11. The normalized spacial score (nSPS) is 22.3. The van der Waals surface area contributed by atoms with E-state index in [1.165, 1.54) is 64.0 Å². The molecule has 0 amide bonds. The van der Waals surface area contributed by atoms with Gasteiger partial charge in [0.25, 0.3) is 0 Å². The molecule has 24 heavy (non-hydrogen) atoms. The largest absolute Gasteiger partial charge is 0.312 e. The fourth-order valence-corrected chi connectivity index (χ4v) is 4.28. The highest BCUT2D eigenvalue weighted by molar-refractivity contribution is 5.14. The topological polar surface area (TPSA) is 18.5 Å². The Kier molecular flexibility index (Phi) is 6.70. The summed E-state index contributed by atoms with van der Waals surface area (Å²) in [5, 5.41) is 3.90. The van der Waals surface area contributed by atoms with Gasteiger partial charge in [0.15, 0.2) is 0 Å². The number of nitrogens with zero attached hydrogens (tertiary/aromatic N) is 2. The molecule has 0 aliphatic carbocycles. The van der Waals surface area contributed by atoms with Gasteiger partial charge >= 0.3 is 0 Å². The molecule has 0 spiro atoms. The monoisotopic (exact) mass is 329 g/mol. The van der Waals surface area contributed by atoms with E-state index in [0.717, 1.165) is 18.5 Å². The molecular weight excluding hydrogens is 294 g/mol. The highest BCUT2D eigenvalue weighted by Gasteiger charge is 2.26. The molecule has 2 fully saturated rings. The van der Waals surface area contributed by atoms with E-state index in [1.807, 2.05) is 0 Å². The fourth-order valence-electron chi connectivity index (χ4n) is 4.28. The highest BCUT2D eigenvalue weighted by atomic mass is 15.2. The first-order chi connectivity index (χ1) is 11.7. The average molecular weight is 330 g/mol. The van der Waals surface area contributed by atoms with Crippen molar-refractivity contribution >= 4 is 0 Å². The summed E-state index contributed by atoms with van der Waals surface area (Å²) in [5.41, 5.74) is 1.44. The predicted molar refractivity (Wildman–Crippen MR) is 102 cm³/mol. The maximum absolute atomic E-state index is 3.90. The van der Waals surface area contributed by atoms with Crippen LogP contribution in [0.4, 0.5) is 0 Å². The van der Waals surface area contributed by atoms with Crippen molar-refractivity contribution in [2.24, 2.45) is 5.92 Å². The summed E-state index contributed by atoms with van der Waals surface area (Å²) in [6, 6.07) is 12.3. The van der Waals surface area contributed by atoms with Crippen molar-refractivity contribution in [3.05, 3.63) is 35.9 Å². The van der Waals surface area contributed by atoms with Crippen LogP contribution in [0.3, 0.4) is 0 Å². The van der Waals surface area contributed by atoms with Crippen LogP contribution in [0, 0.1) is 5.92 Å². The summed E-state index contributed by atoms with van der Waals surface area (Å²) in [6.45, 7) is 12.1. The molecule has 1 atom stereocenters. The molecule has 134 valence electrons. The van der Waals surface area contributed by atoms with Gasteiger partial charge in [0.05, 0.1) is 0 Å². The van der Waals surface area contributed by atoms with Crippen LogP contribution in [-0.2, 0) is 6.54 Å². The van der Waals surface area contributed by atoms with Crippen molar-refractivity contribution in [2.45, 2.75) is 58.2 Å². The molecule has 1 unspecified atom stereocenters. The van der Waals surface area contributed by atoms with Crippen molar-refractivity contribution in [1.82, 2.24) is 15.1 Å². The molecule has 1 aromatic carbocycles. The van der Waals surface area contributed by atoms with Gasteiger partial charge in [-0.1, -0.05) is 44.2 Å². The number of piperidine rings is 1. The molecule has 0 aromatic heterocycles. The van der Waals surface area contributed by atoms with Crippen molar-refractivity contribution < 1.29 is 0 Å². The lowest BCUT2D eigenvalue weighted by Gasteiger charge is -2.36. The molecule has 0 saturated carbocycles. The molecule has 2 heterocycles. The summed E-state index contributed by atoms with van der Waals surface area (Å²) in [7, 11) is 0. The Bertz CT molecular complexity index is 459. The SMILES string of the molecule is CC(C)C(CNC1CCN(Cc2ccccc2)CC1)N1CCCC1. The smallest absolute Gasteiger partial charge is 0.0243 e. The van der Waals surface area contributed by atoms with E-state index >= 15 is 0 Å². The van der Waals surface area contributed by atoms with Crippen molar-refractivity contribution in [3.8, 4) is 0 Å². The number of hydrogen-bond acceptors (Lipinski definition) is 3. The third-order valence-electron chi connectivity index (χ3n) is 5.83. The molecule has 3 heteroatoms. The zero-order valence-corrected chi connectivity index (χ0v) is 15.6. The van der Waals surface area contributed by atoms with Gasteiger partial charge in [0.1, 0.15) is 0 Å². The molecular formula is C21H35N3. The van der Waals surface area contributed by atoms with Gasteiger partial charge < -0.3 is 5.32 Å².